The third-order valence-corrected chi connectivity index (χ3v) is 4.24. The van der Waals surface area contributed by atoms with Crippen molar-refractivity contribution in [2.45, 2.75) is 19.9 Å². The molecule has 0 saturated carbocycles. The second kappa shape index (κ2) is 7.45. The van der Waals surface area contributed by atoms with Gasteiger partial charge in [-0.3, -0.25) is 4.79 Å². The number of carbonyl (C=O) groups is 1. The number of amides is 1. The van der Waals surface area contributed by atoms with Gasteiger partial charge in [-0.25, -0.2) is 0 Å². The first-order chi connectivity index (χ1) is 10.5. The van der Waals surface area contributed by atoms with Crippen LogP contribution in [0, 0.1) is 5.92 Å². The molecule has 116 valence electrons. The van der Waals surface area contributed by atoms with Crippen LogP contribution < -0.4 is 10.1 Å². The molecular formula is C18H20BrNO2. The van der Waals surface area contributed by atoms with Gasteiger partial charge < -0.3 is 10.1 Å². The fourth-order valence-electron chi connectivity index (χ4n) is 2.31. The molecule has 2 aromatic rings. The molecule has 0 heterocycles. The summed E-state index contributed by atoms with van der Waals surface area (Å²) in [6, 6.07) is 15.2. The van der Waals surface area contributed by atoms with Gasteiger partial charge in [-0.2, -0.15) is 0 Å². The van der Waals surface area contributed by atoms with Gasteiger partial charge in [0.25, 0.3) is 5.91 Å². The zero-order chi connectivity index (χ0) is 16.1. The normalized spacial score (nSPS) is 12.0. The molecule has 4 heteroatoms. The molecule has 0 fully saturated rings. The number of hydrogen-bond donors (Lipinski definition) is 1. The van der Waals surface area contributed by atoms with Gasteiger partial charge in [-0.05, 0) is 51.7 Å². The van der Waals surface area contributed by atoms with Crippen LogP contribution in [0.2, 0.25) is 0 Å². The number of halogens is 1. The summed E-state index contributed by atoms with van der Waals surface area (Å²) in [5.74, 6) is 1.00. The average molecular weight is 362 g/mol. The van der Waals surface area contributed by atoms with Gasteiger partial charge in [0.15, 0.2) is 0 Å². The number of nitrogens with one attached hydrogen (secondary N) is 1. The quantitative estimate of drug-likeness (QED) is 0.845. The van der Waals surface area contributed by atoms with E-state index in [1.54, 1.807) is 7.11 Å². The lowest BCUT2D eigenvalue weighted by molar-refractivity contribution is 0.0925. The maximum absolute atomic E-state index is 12.5. The summed E-state index contributed by atoms with van der Waals surface area (Å²) >= 11 is 3.42. The van der Waals surface area contributed by atoms with Gasteiger partial charge in [0.2, 0.25) is 0 Å². The van der Waals surface area contributed by atoms with Gasteiger partial charge in [0, 0.05) is 4.47 Å². The van der Waals surface area contributed by atoms with Gasteiger partial charge >= 0.3 is 0 Å². The molecule has 1 amide bonds. The van der Waals surface area contributed by atoms with Crippen LogP contribution in [-0.2, 0) is 0 Å². The van der Waals surface area contributed by atoms with Crippen LogP contribution in [0.25, 0.3) is 0 Å². The summed E-state index contributed by atoms with van der Waals surface area (Å²) in [4.78, 5) is 12.5. The van der Waals surface area contributed by atoms with E-state index in [0.29, 0.717) is 5.56 Å². The zero-order valence-electron chi connectivity index (χ0n) is 13.0. The first-order valence-corrected chi connectivity index (χ1v) is 8.01. The maximum Gasteiger partial charge on any atom is 0.252 e. The van der Waals surface area contributed by atoms with Gasteiger partial charge in [0.1, 0.15) is 5.75 Å². The highest BCUT2D eigenvalue weighted by Crippen LogP contribution is 2.25. The largest absolute Gasteiger partial charge is 0.497 e. The number of rotatable bonds is 5. The smallest absolute Gasteiger partial charge is 0.252 e. The van der Waals surface area contributed by atoms with Gasteiger partial charge in [-0.1, -0.05) is 38.1 Å². The van der Waals surface area contributed by atoms with E-state index in [1.807, 2.05) is 48.5 Å². The molecule has 0 aromatic heterocycles. The lowest BCUT2D eigenvalue weighted by atomic mass is 9.95. The second-order valence-corrected chi connectivity index (χ2v) is 6.30. The Bertz CT molecular complexity index is 638. The van der Waals surface area contributed by atoms with Crippen molar-refractivity contribution < 1.29 is 9.53 Å². The van der Waals surface area contributed by atoms with Crippen molar-refractivity contribution in [3.05, 3.63) is 64.1 Å². The van der Waals surface area contributed by atoms with Crippen LogP contribution in [0.4, 0.5) is 0 Å². The Kier molecular flexibility index (Phi) is 5.61. The van der Waals surface area contributed by atoms with Crippen LogP contribution in [0.15, 0.2) is 53.0 Å². The third kappa shape index (κ3) is 3.89. The standard InChI is InChI=1S/C18H20BrNO2/c1-12(2)17(13-8-10-14(22-3)11-9-13)20-18(21)15-6-4-5-7-16(15)19/h4-12,17H,1-3H3,(H,20,21). The van der Waals surface area contributed by atoms with Crippen LogP contribution in [0.5, 0.6) is 5.75 Å². The highest BCUT2D eigenvalue weighted by atomic mass is 79.9. The summed E-state index contributed by atoms with van der Waals surface area (Å²) in [5, 5.41) is 3.12. The molecule has 0 bridgehead atoms. The second-order valence-electron chi connectivity index (χ2n) is 5.45. The zero-order valence-corrected chi connectivity index (χ0v) is 14.6. The first kappa shape index (κ1) is 16.6. The molecule has 1 atom stereocenters. The molecule has 0 aliphatic carbocycles. The van der Waals surface area contributed by atoms with Gasteiger partial charge in [0.05, 0.1) is 18.7 Å². The predicted octanol–water partition coefficient (Wildman–Crippen LogP) is 4.58. The average Bonchev–Trinajstić information content (AvgIpc) is 2.52. The Labute approximate surface area is 139 Å². The minimum atomic E-state index is -0.0815. The van der Waals surface area contributed by atoms with Crippen molar-refractivity contribution in [2.75, 3.05) is 7.11 Å². The summed E-state index contributed by atoms with van der Waals surface area (Å²) in [6.45, 7) is 4.18. The molecule has 0 radical (unpaired) electrons. The molecule has 1 N–H and O–H groups in total. The highest BCUT2D eigenvalue weighted by Gasteiger charge is 2.20. The molecule has 0 aliphatic heterocycles. The van der Waals surface area contributed by atoms with Crippen molar-refractivity contribution in [1.82, 2.24) is 5.32 Å². The highest BCUT2D eigenvalue weighted by molar-refractivity contribution is 9.10. The van der Waals surface area contributed by atoms with Crippen LogP contribution >= 0.6 is 15.9 Å². The van der Waals surface area contributed by atoms with Crippen LogP contribution in [0.1, 0.15) is 35.8 Å². The molecule has 22 heavy (non-hydrogen) atoms. The Morgan fingerprint density at radius 3 is 2.27 bits per heavy atom. The van der Waals surface area contributed by atoms with E-state index >= 15 is 0 Å². The number of ether oxygens (including phenoxy) is 1. The van der Waals surface area contributed by atoms with Crippen molar-refractivity contribution in [3.63, 3.8) is 0 Å². The topological polar surface area (TPSA) is 38.3 Å². The van der Waals surface area contributed by atoms with E-state index in [0.717, 1.165) is 15.8 Å². The fourth-order valence-corrected chi connectivity index (χ4v) is 2.78. The van der Waals surface area contributed by atoms with Gasteiger partial charge in [-0.15, -0.1) is 0 Å². The third-order valence-electron chi connectivity index (χ3n) is 3.55. The number of carbonyl (C=O) groups excluding carboxylic acids is 1. The first-order valence-electron chi connectivity index (χ1n) is 7.22. The summed E-state index contributed by atoms with van der Waals surface area (Å²) in [7, 11) is 1.64. The Balaban J connectivity index is 2.21. The molecular weight excluding hydrogens is 342 g/mol. The van der Waals surface area contributed by atoms with Crippen molar-refractivity contribution >= 4 is 21.8 Å². The minimum Gasteiger partial charge on any atom is -0.497 e. The molecule has 0 aliphatic rings. The van der Waals surface area contributed by atoms with Crippen molar-refractivity contribution in [2.24, 2.45) is 5.92 Å². The van der Waals surface area contributed by atoms with E-state index < -0.39 is 0 Å². The van der Waals surface area contributed by atoms with Crippen LogP contribution in [-0.4, -0.2) is 13.0 Å². The summed E-state index contributed by atoms with van der Waals surface area (Å²) in [5.41, 5.74) is 1.71. The Morgan fingerprint density at radius 1 is 1.09 bits per heavy atom. The van der Waals surface area contributed by atoms with E-state index in [1.165, 1.54) is 0 Å². The molecule has 2 aromatic carbocycles. The predicted molar refractivity (Wildman–Crippen MR) is 92.2 cm³/mol. The molecule has 1 unspecified atom stereocenters. The summed E-state index contributed by atoms with van der Waals surface area (Å²) in [6.07, 6.45) is 0. The Morgan fingerprint density at radius 2 is 1.73 bits per heavy atom. The Hall–Kier alpha value is -1.81. The van der Waals surface area contributed by atoms with Crippen molar-refractivity contribution in [1.29, 1.82) is 0 Å². The summed E-state index contributed by atoms with van der Waals surface area (Å²) < 4.78 is 5.98. The molecule has 0 saturated heterocycles. The van der Waals surface area contributed by atoms with E-state index in [2.05, 4.69) is 35.1 Å². The monoisotopic (exact) mass is 361 g/mol. The molecule has 0 spiro atoms. The lowest BCUT2D eigenvalue weighted by Gasteiger charge is -2.23. The minimum absolute atomic E-state index is 0.0505. The van der Waals surface area contributed by atoms with E-state index in [9.17, 15) is 4.79 Å². The van der Waals surface area contributed by atoms with Crippen molar-refractivity contribution in [3.8, 4) is 5.75 Å². The van der Waals surface area contributed by atoms with E-state index in [-0.39, 0.29) is 17.9 Å². The van der Waals surface area contributed by atoms with E-state index in [4.69, 9.17) is 4.74 Å². The van der Waals surface area contributed by atoms with Crippen LogP contribution in [0.3, 0.4) is 0 Å². The maximum atomic E-state index is 12.5. The molecule has 3 nitrogen and oxygen atoms in total. The number of hydrogen-bond acceptors (Lipinski definition) is 2. The SMILES string of the molecule is COc1ccc(C(NC(=O)c2ccccc2Br)C(C)C)cc1. The fraction of sp³-hybridized carbons (Fsp3) is 0.278. The molecule has 2 rings (SSSR count). The number of methoxy groups -OCH3 is 1. The lowest BCUT2D eigenvalue weighted by Crippen LogP contribution is -2.31. The number of benzene rings is 2.